The molecule has 0 atom stereocenters. The van der Waals surface area contributed by atoms with Gasteiger partial charge in [0.05, 0.1) is 5.56 Å². The molecule has 0 aliphatic carbocycles. The summed E-state index contributed by atoms with van der Waals surface area (Å²) in [6.45, 7) is 1.57. The van der Waals surface area contributed by atoms with Gasteiger partial charge in [0.25, 0.3) is 0 Å². The molecule has 0 radical (unpaired) electrons. The first-order chi connectivity index (χ1) is 5.52. The third-order valence-electron chi connectivity index (χ3n) is 1.50. The van der Waals surface area contributed by atoms with Gasteiger partial charge in [-0.25, -0.2) is 9.18 Å². The minimum atomic E-state index is -1.02. The van der Waals surface area contributed by atoms with E-state index in [-0.39, 0.29) is 11.4 Å². The van der Waals surface area contributed by atoms with E-state index < -0.39 is 5.97 Å². The molecule has 1 rings (SSSR count). The number of hydrogen-bond donors (Lipinski definition) is 1. The SMILES string of the molecule is Cc1cc(F)c(I)cc1C(=O)O. The summed E-state index contributed by atoms with van der Waals surface area (Å²) in [6, 6.07) is 2.55. The van der Waals surface area contributed by atoms with Crippen molar-refractivity contribution in [3.8, 4) is 0 Å². The lowest BCUT2D eigenvalue weighted by atomic mass is 10.1. The summed E-state index contributed by atoms with van der Waals surface area (Å²) in [5.41, 5.74) is 0.598. The van der Waals surface area contributed by atoms with Crippen LogP contribution in [-0.4, -0.2) is 11.1 Å². The van der Waals surface area contributed by atoms with Crippen molar-refractivity contribution >= 4 is 28.6 Å². The van der Waals surface area contributed by atoms with Crippen LogP contribution in [0.4, 0.5) is 4.39 Å². The summed E-state index contributed by atoms with van der Waals surface area (Å²) < 4.78 is 13.2. The Kier molecular flexibility index (Phi) is 2.66. The molecule has 0 amide bonds. The highest BCUT2D eigenvalue weighted by atomic mass is 127. The summed E-state index contributed by atoms with van der Waals surface area (Å²) in [6.07, 6.45) is 0. The van der Waals surface area contributed by atoms with Gasteiger partial charge in [-0.05, 0) is 47.2 Å². The van der Waals surface area contributed by atoms with Crippen LogP contribution in [0, 0.1) is 16.3 Å². The predicted octanol–water partition coefficient (Wildman–Crippen LogP) is 2.44. The molecule has 0 bridgehead atoms. The molecule has 0 aliphatic heterocycles. The maximum atomic E-state index is 12.8. The molecule has 64 valence electrons. The minimum Gasteiger partial charge on any atom is -0.478 e. The second kappa shape index (κ2) is 3.38. The van der Waals surface area contributed by atoms with Crippen molar-refractivity contribution in [3.05, 3.63) is 32.6 Å². The zero-order valence-corrected chi connectivity index (χ0v) is 8.42. The number of carboxylic acids is 1. The molecule has 4 heteroatoms. The van der Waals surface area contributed by atoms with E-state index >= 15 is 0 Å². The molecule has 1 aromatic carbocycles. The van der Waals surface area contributed by atoms with Gasteiger partial charge in [0, 0.05) is 3.57 Å². The standard InChI is InChI=1S/C8H6FIO2/c1-4-2-6(9)7(10)3-5(4)8(11)12/h2-3H,1H3,(H,11,12). The number of aryl methyl sites for hydroxylation is 1. The van der Waals surface area contributed by atoms with Crippen molar-refractivity contribution in [3.63, 3.8) is 0 Å². The first-order valence-electron chi connectivity index (χ1n) is 3.21. The lowest BCUT2D eigenvalue weighted by molar-refractivity contribution is 0.0696. The summed E-state index contributed by atoms with van der Waals surface area (Å²) in [5.74, 6) is -1.40. The third-order valence-corrected chi connectivity index (χ3v) is 2.32. The minimum absolute atomic E-state index is 0.154. The monoisotopic (exact) mass is 280 g/mol. The Labute approximate surface area is 82.5 Å². The number of hydrogen-bond acceptors (Lipinski definition) is 1. The van der Waals surface area contributed by atoms with Gasteiger partial charge < -0.3 is 5.11 Å². The molecule has 1 N–H and O–H groups in total. The van der Waals surface area contributed by atoms with E-state index in [1.165, 1.54) is 12.1 Å². The van der Waals surface area contributed by atoms with Crippen molar-refractivity contribution in [1.29, 1.82) is 0 Å². The Morgan fingerprint density at radius 1 is 1.58 bits per heavy atom. The number of halogens is 2. The number of aromatic carboxylic acids is 1. The highest BCUT2D eigenvalue weighted by molar-refractivity contribution is 14.1. The maximum absolute atomic E-state index is 12.8. The summed E-state index contributed by atoms with van der Waals surface area (Å²) in [4.78, 5) is 10.6. The van der Waals surface area contributed by atoms with Crippen LogP contribution in [0.1, 0.15) is 15.9 Å². The molecule has 12 heavy (non-hydrogen) atoms. The Hall–Kier alpha value is -0.650. The van der Waals surface area contributed by atoms with E-state index in [9.17, 15) is 9.18 Å². The van der Waals surface area contributed by atoms with Gasteiger partial charge in [-0.3, -0.25) is 0 Å². The molecule has 0 aromatic heterocycles. The van der Waals surface area contributed by atoms with Crippen LogP contribution in [0.3, 0.4) is 0 Å². The van der Waals surface area contributed by atoms with Crippen molar-refractivity contribution in [1.82, 2.24) is 0 Å². The zero-order valence-electron chi connectivity index (χ0n) is 6.27. The maximum Gasteiger partial charge on any atom is 0.335 e. The normalized spacial score (nSPS) is 9.92. The fourth-order valence-corrected chi connectivity index (χ4v) is 1.34. The van der Waals surface area contributed by atoms with Crippen molar-refractivity contribution in [2.45, 2.75) is 6.92 Å². The van der Waals surface area contributed by atoms with Crippen molar-refractivity contribution in [2.24, 2.45) is 0 Å². The van der Waals surface area contributed by atoms with Crippen LogP contribution in [0.25, 0.3) is 0 Å². The predicted molar refractivity (Wildman–Crippen MR) is 50.8 cm³/mol. The number of carbonyl (C=O) groups is 1. The third kappa shape index (κ3) is 1.74. The van der Waals surface area contributed by atoms with Crippen molar-refractivity contribution in [2.75, 3.05) is 0 Å². The van der Waals surface area contributed by atoms with Crippen LogP contribution >= 0.6 is 22.6 Å². The number of benzene rings is 1. The molecular weight excluding hydrogens is 274 g/mol. The summed E-state index contributed by atoms with van der Waals surface area (Å²) in [5, 5.41) is 8.66. The second-order valence-electron chi connectivity index (χ2n) is 2.39. The molecule has 0 heterocycles. The molecule has 0 spiro atoms. The van der Waals surface area contributed by atoms with Crippen molar-refractivity contribution < 1.29 is 14.3 Å². The molecule has 2 nitrogen and oxygen atoms in total. The van der Waals surface area contributed by atoms with E-state index in [1.807, 2.05) is 0 Å². The second-order valence-corrected chi connectivity index (χ2v) is 3.55. The fourth-order valence-electron chi connectivity index (χ4n) is 0.877. The van der Waals surface area contributed by atoms with E-state index in [0.717, 1.165) is 0 Å². The Morgan fingerprint density at radius 3 is 2.67 bits per heavy atom. The molecule has 0 unspecified atom stereocenters. The van der Waals surface area contributed by atoms with Crippen LogP contribution in [0.15, 0.2) is 12.1 Å². The van der Waals surface area contributed by atoms with Gasteiger partial charge in [0.15, 0.2) is 0 Å². The molecule has 0 aliphatic rings. The van der Waals surface area contributed by atoms with Gasteiger partial charge in [-0.15, -0.1) is 0 Å². The van der Waals surface area contributed by atoms with E-state index in [2.05, 4.69) is 0 Å². The molecule has 0 saturated heterocycles. The topological polar surface area (TPSA) is 37.3 Å². The van der Waals surface area contributed by atoms with Gasteiger partial charge in [-0.2, -0.15) is 0 Å². The molecule has 1 aromatic rings. The smallest absolute Gasteiger partial charge is 0.335 e. The molecule has 0 saturated carbocycles. The van der Waals surface area contributed by atoms with E-state index in [1.54, 1.807) is 29.5 Å². The number of carboxylic acid groups (broad SMARTS) is 1. The first kappa shape index (κ1) is 9.44. The van der Waals surface area contributed by atoms with E-state index in [4.69, 9.17) is 5.11 Å². The van der Waals surface area contributed by atoms with Crippen LogP contribution in [0.5, 0.6) is 0 Å². The van der Waals surface area contributed by atoms with Crippen LogP contribution < -0.4 is 0 Å². The van der Waals surface area contributed by atoms with Crippen LogP contribution in [0.2, 0.25) is 0 Å². The first-order valence-corrected chi connectivity index (χ1v) is 4.29. The average Bonchev–Trinajstić information content (AvgIpc) is 1.96. The zero-order chi connectivity index (χ0) is 9.30. The van der Waals surface area contributed by atoms with Gasteiger partial charge in [0.2, 0.25) is 0 Å². The lowest BCUT2D eigenvalue weighted by Gasteiger charge is -2.01. The summed E-state index contributed by atoms with van der Waals surface area (Å²) >= 11 is 1.76. The van der Waals surface area contributed by atoms with Crippen LogP contribution in [-0.2, 0) is 0 Å². The van der Waals surface area contributed by atoms with Gasteiger partial charge >= 0.3 is 5.97 Å². The van der Waals surface area contributed by atoms with E-state index in [0.29, 0.717) is 9.13 Å². The molecular formula is C8H6FIO2. The Bertz CT molecular complexity index is 336. The molecule has 0 fully saturated rings. The highest BCUT2D eigenvalue weighted by Crippen LogP contribution is 2.16. The van der Waals surface area contributed by atoms with Gasteiger partial charge in [0.1, 0.15) is 5.82 Å². The fraction of sp³-hybridized carbons (Fsp3) is 0.125. The quantitative estimate of drug-likeness (QED) is 0.802. The highest BCUT2D eigenvalue weighted by Gasteiger charge is 2.10. The largest absolute Gasteiger partial charge is 0.478 e. The number of rotatable bonds is 1. The lowest BCUT2D eigenvalue weighted by Crippen LogP contribution is -2.01. The Morgan fingerprint density at radius 2 is 2.17 bits per heavy atom. The average molecular weight is 280 g/mol. The van der Waals surface area contributed by atoms with Gasteiger partial charge in [-0.1, -0.05) is 0 Å². The summed E-state index contributed by atoms with van der Waals surface area (Å²) in [7, 11) is 0. The Balaban J connectivity index is 3.33.